The number of benzene rings is 1. The van der Waals surface area contributed by atoms with Crippen molar-refractivity contribution in [3.05, 3.63) is 70.5 Å². The average molecular weight is 530 g/mol. The van der Waals surface area contributed by atoms with Crippen molar-refractivity contribution >= 4 is 38.6 Å². The Morgan fingerprint density at radius 3 is 2.56 bits per heavy atom. The molecule has 1 aliphatic rings. The SMILES string of the molecule is O=C(c1ncc(-c2cccc(CO)[n+]2[O-])cn1)N1CCN(S(=O)(=O)c2nc3ccc(Cl)cc3[nH]2)CC1. The molecular weight excluding hydrogens is 510 g/mol. The van der Waals surface area contributed by atoms with E-state index in [1.807, 2.05) is 0 Å². The van der Waals surface area contributed by atoms with E-state index in [0.29, 0.717) is 26.3 Å². The van der Waals surface area contributed by atoms with E-state index < -0.39 is 22.5 Å². The molecule has 1 aromatic carbocycles. The van der Waals surface area contributed by atoms with E-state index in [-0.39, 0.29) is 48.5 Å². The van der Waals surface area contributed by atoms with Crippen LogP contribution in [0.2, 0.25) is 5.02 Å². The van der Waals surface area contributed by atoms with E-state index >= 15 is 0 Å². The molecule has 1 fully saturated rings. The highest BCUT2D eigenvalue weighted by Crippen LogP contribution is 2.22. The van der Waals surface area contributed by atoms with Crippen molar-refractivity contribution in [3.8, 4) is 11.3 Å². The number of imidazole rings is 1. The smallest absolute Gasteiger partial charge is 0.291 e. The predicted molar refractivity (Wildman–Crippen MR) is 128 cm³/mol. The number of aliphatic hydroxyl groups is 1. The second-order valence-corrected chi connectivity index (χ2v) is 10.3. The van der Waals surface area contributed by atoms with Crippen LogP contribution in [0.25, 0.3) is 22.3 Å². The van der Waals surface area contributed by atoms with Gasteiger partial charge in [0.05, 0.1) is 16.6 Å². The first-order valence-electron chi connectivity index (χ1n) is 10.9. The summed E-state index contributed by atoms with van der Waals surface area (Å²) in [5, 5.41) is 21.9. The molecule has 4 heterocycles. The number of hydrogen-bond donors (Lipinski definition) is 2. The van der Waals surface area contributed by atoms with Crippen LogP contribution in [0.1, 0.15) is 16.3 Å². The van der Waals surface area contributed by atoms with Gasteiger partial charge in [-0.25, -0.2) is 23.4 Å². The molecule has 0 spiro atoms. The lowest BCUT2D eigenvalue weighted by Gasteiger charge is -2.33. The summed E-state index contributed by atoms with van der Waals surface area (Å²) in [6.07, 6.45) is 2.72. The summed E-state index contributed by atoms with van der Waals surface area (Å²) in [6, 6.07) is 9.55. The van der Waals surface area contributed by atoms with Gasteiger partial charge in [-0.2, -0.15) is 9.04 Å². The fourth-order valence-corrected chi connectivity index (χ4v) is 5.43. The maximum absolute atomic E-state index is 13.1. The molecule has 36 heavy (non-hydrogen) atoms. The molecular formula is C22H20ClN7O5S. The number of hydrogen-bond acceptors (Lipinski definition) is 8. The zero-order valence-corrected chi connectivity index (χ0v) is 20.3. The Bertz CT molecular complexity index is 1550. The summed E-state index contributed by atoms with van der Waals surface area (Å²) in [5.41, 5.74) is 1.80. The lowest BCUT2D eigenvalue weighted by Crippen LogP contribution is -2.50. The van der Waals surface area contributed by atoms with Gasteiger partial charge in [-0.1, -0.05) is 11.6 Å². The third-order valence-corrected chi connectivity index (χ3v) is 7.82. The maximum atomic E-state index is 13.1. The van der Waals surface area contributed by atoms with Crippen LogP contribution in [0.4, 0.5) is 0 Å². The molecule has 0 unspecified atom stereocenters. The molecule has 1 saturated heterocycles. The second-order valence-electron chi connectivity index (χ2n) is 8.05. The molecule has 0 saturated carbocycles. The van der Waals surface area contributed by atoms with Gasteiger partial charge in [0.15, 0.2) is 0 Å². The van der Waals surface area contributed by atoms with Crippen LogP contribution in [-0.2, 0) is 16.6 Å². The van der Waals surface area contributed by atoms with E-state index in [9.17, 15) is 23.5 Å². The molecule has 12 nitrogen and oxygen atoms in total. The molecule has 4 aromatic rings. The Balaban J connectivity index is 1.27. The minimum absolute atomic E-state index is 0.0695. The third kappa shape index (κ3) is 4.37. The van der Waals surface area contributed by atoms with Crippen LogP contribution >= 0.6 is 11.6 Å². The van der Waals surface area contributed by atoms with E-state index in [0.717, 1.165) is 0 Å². The Labute approximate surface area is 210 Å². The zero-order chi connectivity index (χ0) is 25.4. The van der Waals surface area contributed by atoms with Crippen LogP contribution in [0.15, 0.2) is 53.9 Å². The summed E-state index contributed by atoms with van der Waals surface area (Å²) in [6.45, 7) is 0.0337. The number of halogens is 1. The molecule has 0 bridgehead atoms. The Hall–Kier alpha value is -3.65. The quantitative estimate of drug-likeness (QED) is 0.285. The lowest BCUT2D eigenvalue weighted by atomic mass is 10.2. The molecule has 2 N–H and O–H groups in total. The van der Waals surface area contributed by atoms with Crippen molar-refractivity contribution in [1.29, 1.82) is 0 Å². The normalized spacial score (nSPS) is 14.9. The van der Waals surface area contributed by atoms with Crippen molar-refractivity contribution in [3.63, 3.8) is 0 Å². The molecule has 0 atom stereocenters. The molecule has 3 aromatic heterocycles. The number of nitrogens with zero attached hydrogens (tertiary/aromatic N) is 6. The Kier molecular flexibility index (Phi) is 6.30. The molecule has 0 aliphatic carbocycles. The number of piperazine rings is 1. The number of aromatic amines is 1. The Morgan fingerprint density at radius 1 is 1.14 bits per heavy atom. The van der Waals surface area contributed by atoms with Crippen LogP contribution in [0.3, 0.4) is 0 Å². The summed E-state index contributed by atoms with van der Waals surface area (Å²) in [4.78, 5) is 29.5. The number of carbonyl (C=O) groups is 1. The van der Waals surface area contributed by atoms with Crippen molar-refractivity contribution < 1.29 is 23.0 Å². The van der Waals surface area contributed by atoms with Gasteiger partial charge in [0.25, 0.3) is 15.9 Å². The van der Waals surface area contributed by atoms with E-state index in [1.165, 1.54) is 27.7 Å². The van der Waals surface area contributed by atoms with Gasteiger partial charge < -0.3 is 20.2 Å². The standard InChI is InChI=1S/C22H20ClN7O5S/c23-15-4-5-17-18(10-15)27-22(26-17)36(34,35)29-8-6-28(7-9-29)21(32)20-24-11-14(12-25-20)19-3-1-2-16(13-31)30(19)33/h1-5,10-12,31H,6-9,13H2,(H,26,27). The van der Waals surface area contributed by atoms with Crippen molar-refractivity contribution in [2.45, 2.75) is 11.8 Å². The van der Waals surface area contributed by atoms with Crippen molar-refractivity contribution in [2.24, 2.45) is 0 Å². The number of pyridine rings is 1. The minimum Gasteiger partial charge on any atom is -0.618 e. The second kappa shape index (κ2) is 9.43. The molecule has 1 amide bonds. The summed E-state index contributed by atoms with van der Waals surface area (Å²) >= 11 is 5.97. The van der Waals surface area contributed by atoms with E-state index in [4.69, 9.17) is 11.6 Å². The minimum atomic E-state index is -3.89. The van der Waals surface area contributed by atoms with E-state index in [1.54, 1.807) is 30.3 Å². The van der Waals surface area contributed by atoms with Gasteiger partial charge in [0.2, 0.25) is 22.4 Å². The maximum Gasteiger partial charge on any atom is 0.291 e. The predicted octanol–water partition coefficient (Wildman–Crippen LogP) is 0.946. The highest BCUT2D eigenvalue weighted by molar-refractivity contribution is 7.89. The van der Waals surface area contributed by atoms with Gasteiger partial charge in [0, 0.05) is 55.7 Å². The van der Waals surface area contributed by atoms with Crippen LogP contribution < -0.4 is 4.73 Å². The van der Waals surface area contributed by atoms with Crippen molar-refractivity contribution in [1.82, 2.24) is 29.1 Å². The van der Waals surface area contributed by atoms with Crippen LogP contribution in [0, 0.1) is 5.21 Å². The number of aliphatic hydroxyl groups excluding tert-OH is 1. The van der Waals surface area contributed by atoms with Gasteiger partial charge in [0.1, 0.15) is 6.61 Å². The topological polar surface area (TPSA) is 159 Å². The average Bonchev–Trinajstić information content (AvgIpc) is 3.33. The first-order valence-corrected chi connectivity index (χ1v) is 12.7. The lowest BCUT2D eigenvalue weighted by molar-refractivity contribution is -0.604. The summed E-state index contributed by atoms with van der Waals surface area (Å²) < 4.78 is 28.0. The van der Waals surface area contributed by atoms with Gasteiger partial charge in [-0.3, -0.25) is 4.79 Å². The number of H-pyrrole nitrogens is 1. The summed E-state index contributed by atoms with van der Waals surface area (Å²) in [5.74, 6) is -0.518. The Morgan fingerprint density at radius 2 is 1.86 bits per heavy atom. The van der Waals surface area contributed by atoms with Gasteiger partial charge in [-0.05, 0) is 24.3 Å². The first-order chi connectivity index (χ1) is 17.3. The molecule has 186 valence electrons. The first kappa shape index (κ1) is 24.1. The fourth-order valence-electron chi connectivity index (χ4n) is 3.92. The summed E-state index contributed by atoms with van der Waals surface area (Å²) in [7, 11) is -3.89. The van der Waals surface area contributed by atoms with Gasteiger partial charge in [-0.15, -0.1) is 0 Å². The number of sulfonamides is 1. The number of rotatable bonds is 5. The monoisotopic (exact) mass is 529 g/mol. The largest absolute Gasteiger partial charge is 0.618 e. The number of carbonyl (C=O) groups excluding carboxylic acids is 1. The number of nitrogens with one attached hydrogen (secondary N) is 1. The molecule has 0 radical (unpaired) electrons. The highest BCUT2D eigenvalue weighted by atomic mass is 35.5. The van der Waals surface area contributed by atoms with E-state index in [2.05, 4.69) is 19.9 Å². The highest BCUT2D eigenvalue weighted by Gasteiger charge is 2.33. The number of aromatic nitrogens is 5. The number of amides is 1. The third-order valence-electron chi connectivity index (χ3n) is 5.86. The van der Waals surface area contributed by atoms with Crippen molar-refractivity contribution in [2.75, 3.05) is 26.2 Å². The zero-order valence-electron chi connectivity index (χ0n) is 18.7. The van der Waals surface area contributed by atoms with Crippen LogP contribution in [0.5, 0.6) is 0 Å². The van der Waals surface area contributed by atoms with Crippen LogP contribution in [-0.4, -0.2) is 74.8 Å². The number of fused-ring (bicyclic) bond motifs is 1. The fraction of sp³-hybridized carbons (Fsp3) is 0.227. The van der Waals surface area contributed by atoms with Gasteiger partial charge >= 0.3 is 0 Å². The molecule has 14 heteroatoms. The molecule has 5 rings (SSSR count). The molecule has 1 aliphatic heterocycles.